The molecule has 1 fully saturated rings. The van der Waals surface area contributed by atoms with Gasteiger partial charge in [-0.3, -0.25) is 4.74 Å². The molecule has 13 heavy (non-hydrogen) atoms. The minimum absolute atomic E-state index is 0.0640. The van der Waals surface area contributed by atoms with Crippen LogP contribution >= 0.6 is 23.2 Å². The molecular formula is C6H10Cl2O5. The van der Waals surface area contributed by atoms with Gasteiger partial charge in [-0.05, 0) is 0 Å². The van der Waals surface area contributed by atoms with Crippen LogP contribution in [-0.4, -0.2) is 37.9 Å². The molecule has 1 rings (SSSR count). The first-order valence-electron chi connectivity index (χ1n) is 3.45. The standard InChI is InChI=1S/C6H10Cl2O5/c1-9-5(3-7)11-6(4-8,10-2)13-12-5/h3-4H2,1-2H3/t5-,6+. The van der Waals surface area contributed by atoms with Gasteiger partial charge in [0.1, 0.15) is 11.8 Å². The summed E-state index contributed by atoms with van der Waals surface area (Å²) in [6.45, 7) is 0. The molecule has 0 aromatic heterocycles. The van der Waals surface area contributed by atoms with Crippen LogP contribution in [0.3, 0.4) is 0 Å². The van der Waals surface area contributed by atoms with E-state index in [0.29, 0.717) is 0 Å². The van der Waals surface area contributed by atoms with Crippen molar-refractivity contribution in [3.63, 3.8) is 0 Å². The molecule has 7 heteroatoms. The Morgan fingerprint density at radius 3 is 1.54 bits per heavy atom. The molecule has 1 heterocycles. The molecule has 0 unspecified atom stereocenters. The summed E-state index contributed by atoms with van der Waals surface area (Å²) in [7, 11) is 2.73. The summed E-state index contributed by atoms with van der Waals surface area (Å²) in [6, 6.07) is 0. The summed E-state index contributed by atoms with van der Waals surface area (Å²) in [5, 5.41) is 0. The highest BCUT2D eigenvalue weighted by Crippen LogP contribution is 2.35. The molecule has 0 bridgehead atoms. The number of hydrogen-bond acceptors (Lipinski definition) is 5. The Labute approximate surface area is 85.7 Å². The Bertz CT molecular complexity index is 150. The van der Waals surface area contributed by atoms with Crippen LogP contribution in [0.15, 0.2) is 0 Å². The minimum Gasteiger partial charge on any atom is -0.328 e. The smallest absolute Gasteiger partial charge is 0.328 e. The maximum absolute atomic E-state index is 5.55. The van der Waals surface area contributed by atoms with Crippen LogP contribution in [0.25, 0.3) is 0 Å². The molecule has 0 amide bonds. The van der Waals surface area contributed by atoms with Crippen LogP contribution in [0.5, 0.6) is 0 Å². The zero-order valence-corrected chi connectivity index (χ0v) is 8.72. The van der Waals surface area contributed by atoms with Gasteiger partial charge in [0, 0.05) is 14.2 Å². The molecule has 1 aliphatic rings. The van der Waals surface area contributed by atoms with Gasteiger partial charge in [0.2, 0.25) is 0 Å². The van der Waals surface area contributed by atoms with Gasteiger partial charge in [0.15, 0.2) is 0 Å². The van der Waals surface area contributed by atoms with E-state index in [9.17, 15) is 0 Å². The van der Waals surface area contributed by atoms with Gasteiger partial charge < -0.3 is 9.47 Å². The third-order valence-electron chi connectivity index (χ3n) is 1.56. The lowest BCUT2D eigenvalue weighted by molar-refractivity contribution is -0.419. The fraction of sp³-hybridized carbons (Fsp3) is 1.00. The average molecular weight is 233 g/mol. The topological polar surface area (TPSA) is 46.2 Å². The second-order valence-electron chi connectivity index (χ2n) is 2.31. The van der Waals surface area contributed by atoms with Crippen molar-refractivity contribution in [2.24, 2.45) is 0 Å². The molecule has 2 atom stereocenters. The van der Waals surface area contributed by atoms with Crippen molar-refractivity contribution >= 4 is 23.2 Å². The molecule has 0 aromatic rings. The number of ether oxygens (including phenoxy) is 3. The summed E-state index contributed by atoms with van der Waals surface area (Å²) < 4.78 is 14.9. The van der Waals surface area contributed by atoms with E-state index in [0.717, 1.165) is 0 Å². The van der Waals surface area contributed by atoms with Crippen molar-refractivity contribution in [2.75, 3.05) is 26.0 Å². The SMILES string of the molecule is CO[C@@]1(CCl)OO[C@@](CCl)(OC)O1. The lowest BCUT2D eigenvalue weighted by Crippen LogP contribution is -2.41. The summed E-state index contributed by atoms with van der Waals surface area (Å²) in [5.74, 6) is -3.03. The fourth-order valence-corrected chi connectivity index (χ4v) is 1.17. The van der Waals surface area contributed by atoms with E-state index in [1.54, 1.807) is 0 Å². The van der Waals surface area contributed by atoms with E-state index in [-0.39, 0.29) is 11.8 Å². The Kier molecular flexibility index (Phi) is 3.76. The van der Waals surface area contributed by atoms with E-state index >= 15 is 0 Å². The maximum atomic E-state index is 5.55. The first-order valence-corrected chi connectivity index (χ1v) is 4.52. The number of hydrogen-bond donors (Lipinski definition) is 0. The van der Waals surface area contributed by atoms with Crippen LogP contribution in [0, 0.1) is 0 Å². The molecule has 0 aromatic carbocycles. The molecular weight excluding hydrogens is 223 g/mol. The highest BCUT2D eigenvalue weighted by molar-refractivity contribution is 6.18. The predicted octanol–water partition coefficient (Wildman–Crippen LogP) is 1.04. The van der Waals surface area contributed by atoms with Crippen molar-refractivity contribution in [1.82, 2.24) is 0 Å². The van der Waals surface area contributed by atoms with Crippen LogP contribution in [-0.2, 0) is 24.0 Å². The summed E-state index contributed by atoms with van der Waals surface area (Å²) >= 11 is 11.1. The largest absolute Gasteiger partial charge is 0.330 e. The van der Waals surface area contributed by atoms with Gasteiger partial charge in [0.05, 0.1) is 0 Å². The average Bonchev–Trinajstić information content (AvgIpc) is 2.59. The molecule has 0 aliphatic carbocycles. The lowest BCUT2D eigenvalue weighted by Gasteiger charge is -2.23. The Hall–Kier alpha value is 0.380. The summed E-state index contributed by atoms with van der Waals surface area (Å²) in [6.07, 6.45) is 0. The molecule has 0 radical (unpaired) electrons. The number of alkyl halides is 2. The zero-order valence-electron chi connectivity index (χ0n) is 7.21. The second-order valence-corrected chi connectivity index (χ2v) is 2.84. The van der Waals surface area contributed by atoms with Crippen LogP contribution in [0.2, 0.25) is 0 Å². The zero-order chi connectivity index (χ0) is 9.95. The van der Waals surface area contributed by atoms with E-state index in [1.807, 2.05) is 0 Å². The van der Waals surface area contributed by atoms with E-state index in [2.05, 4.69) is 0 Å². The quantitative estimate of drug-likeness (QED) is 0.536. The third-order valence-corrected chi connectivity index (χ3v) is 2.21. The summed E-state index contributed by atoms with van der Waals surface area (Å²) in [4.78, 5) is 9.50. The van der Waals surface area contributed by atoms with Gasteiger partial charge in [-0.2, -0.15) is 9.78 Å². The minimum atomic E-state index is -1.45. The van der Waals surface area contributed by atoms with Crippen molar-refractivity contribution < 1.29 is 24.0 Å². The molecule has 78 valence electrons. The number of halogens is 2. The third kappa shape index (κ3) is 2.07. The van der Waals surface area contributed by atoms with Crippen molar-refractivity contribution in [3.8, 4) is 0 Å². The van der Waals surface area contributed by atoms with E-state index in [4.69, 9.17) is 47.2 Å². The van der Waals surface area contributed by atoms with Crippen molar-refractivity contribution in [3.05, 3.63) is 0 Å². The molecule has 1 saturated heterocycles. The molecule has 5 nitrogen and oxygen atoms in total. The van der Waals surface area contributed by atoms with Crippen LogP contribution < -0.4 is 0 Å². The monoisotopic (exact) mass is 232 g/mol. The Morgan fingerprint density at radius 2 is 1.38 bits per heavy atom. The molecule has 0 spiro atoms. The fourth-order valence-electron chi connectivity index (χ4n) is 0.757. The van der Waals surface area contributed by atoms with E-state index in [1.165, 1.54) is 14.2 Å². The Morgan fingerprint density at radius 1 is 1.00 bits per heavy atom. The second kappa shape index (κ2) is 4.27. The lowest BCUT2D eigenvalue weighted by atomic mass is 10.6. The van der Waals surface area contributed by atoms with Crippen LogP contribution in [0.4, 0.5) is 0 Å². The molecule has 0 saturated carbocycles. The normalized spacial score (nSPS) is 39.7. The molecule has 0 N–H and O–H groups in total. The number of rotatable bonds is 4. The first kappa shape index (κ1) is 11.5. The Balaban J connectivity index is 2.69. The van der Waals surface area contributed by atoms with Gasteiger partial charge in [-0.25, -0.2) is 0 Å². The van der Waals surface area contributed by atoms with Gasteiger partial charge in [0.25, 0.3) is 0 Å². The predicted molar refractivity (Wildman–Crippen MR) is 44.2 cm³/mol. The maximum Gasteiger partial charge on any atom is 0.330 e. The van der Waals surface area contributed by atoms with Gasteiger partial charge in [-0.15, -0.1) is 23.2 Å². The molecule has 1 aliphatic heterocycles. The van der Waals surface area contributed by atoms with Crippen molar-refractivity contribution in [1.29, 1.82) is 0 Å². The summed E-state index contributed by atoms with van der Waals surface area (Å²) in [5.41, 5.74) is 0. The number of methoxy groups -OCH3 is 2. The highest BCUT2D eigenvalue weighted by atomic mass is 35.5. The van der Waals surface area contributed by atoms with Gasteiger partial charge >= 0.3 is 11.9 Å². The van der Waals surface area contributed by atoms with Crippen LogP contribution in [0.1, 0.15) is 0 Å². The van der Waals surface area contributed by atoms with Gasteiger partial charge in [-0.1, -0.05) is 0 Å². The van der Waals surface area contributed by atoms with Crippen molar-refractivity contribution in [2.45, 2.75) is 11.9 Å². The first-order chi connectivity index (χ1) is 6.16. The highest BCUT2D eigenvalue weighted by Gasteiger charge is 2.54. The van der Waals surface area contributed by atoms with E-state index < -0.39 is 11.9 Å².